The molecule has 0 saturated carbocycles. The SMILES string of the molecule is CNCC[C@H](c1ccccc1)N1c2ccccc2N(c2ccc(Cl)cc2)S1(=O)=O.Cl. The summed E-state index contributed by atoms with van der Waals surface area (Å²) in [6, 6.07) is 23.7. The average molecular weight is 464 g/mol. The zero-order chi connectivity index (χ0) is 20.4. The van der Waals surface area contributed by atoms with E-state index >= 15 is 0 Å². The fraction of sp³-hybridized carbons (Fsp3) is 0.182. The first-order valence-corrected chi connectivity index (χ1v) is 11.2. The zero-order valence-corrected chi connectivity index (χ0v) is 18.8. The maximum Gasteiger partial charge on any atom is 0.331 e. The number of rotatable bonds is 6. The van der Waals surface area contributed by atoms with Crippen molar-refractivity contribution in [2.24, 2.45) is 0 Å². The Morgan fingerprint density at radius 1 is 0.900 bits per heavy atom. The second kappa shape index (κ2) is 9.27. The summed E-state index contributed by atoms with van der Waals surface area (Å²) in [4.78, 5) is 0. The van der Waals surface area contributed by atoms with Crippen molar-refractivity contribution in [1.82, 2.24) is 5.32 Å². The third-order valence-corrected chi connectivity index (χ3v) is 7.08. The largest absolute Gasteiger partial charge is 0.331 e. The lowest BCUT2D eigenvalue weighted by Gasteiger charge is -2.30. The van der Waals surface area contributed by atoms with Crippen LogP contribution in [-0.4, -0.2) is 22.0 Å². The Hall–Kier alpha value is -2.25. The number of hydrogen-bond donors (Lipinski definition) is 1. The van der Waals surface area contributed by atoms with Crippen LogP contribution in [0.15, 0.2) is 78.9 Å². The van der Waals surface area contributed by atoms with E-state index in [0.717, 1.165) is 5.56 Å². The molecule has 0 spiro atoms. The lowest BCUT2D eigenvalue weighted by Crippen LogP contribution is -2.39. The summed E-state index contributed by atoms with van der Waals surface area (Å²) in [6.45, 7) is 0.689. The minimum Gasteiger partial charge on any atom is -0.320 e. The minimum absolute atomic E-state index is 0. The number of halogens is 2. The average Bonchev–Trinajstić information content (AvgIpc) is 2.97. The van der Waals surface area contributed by atoms with E-state index in [0.29, 0.717) is 35.1 Å². The number of nitrogens with one attached hydrogen (secondary N) is 1. The van der Waals surface area contributed by atoms with Crippen molar-refractivity contribution in [3.63, 3.8) is 0 Å². The molecule has 5 nitrogen and oxygen atoms in total. The predicted octanol–water partition coefficient (Wildman–Crippen LogP) is 5.32. The van der Waals surface area contributed by atoms with Gasteiger partial charge in [0, 0.05) is 5.02 Å². The van der Waals surface area contributed by atoms with Crippen LogP contribution in [0.25, 0.3) is 0 Å². The lowest BCUT2D eigenvalue weighted by molar-refractivity contribution is 0.565. The van der Waals surface area contributed by atoms with Gasteiger partial charge in [-0.05, 0) is 62.0 Å². The molecular weight excluding hydrogens is 441 g/mol. The van der Waals surface area contributed by atoms with Gasteiger partial charge >= 0.3 is 10.2 Å². The van der Waals surface area contributed by atoms with Crippen molar-refractivity contribution < 1.29 is 8.42 Å². The normalized spacial score (nSPS) is 15.4. The molecule has 0 bridgehead atoms. The van der Waals surface area contributed by atoms with Gasteiger partial charge in [0.25, 0.3) is 0 Å². The Balaban J connectivity index is 0.00000256. The Kier molecular flexibility index (Phi) is 6.93. The number of hydrogen-bond acceptors (Lipinski definition) is 3. The fourth-order valence-electron chi connectivity index (χ4n) is 3.71. The van der Waals surface area contributed by atoms with Crippen LogP contribution in [0.4, 0.5) is 17.1 Å². The maximum absolute atomic E-state index is 13.8. The van der Waals surface area contributed by atoms with Crippen molar-refractivity contribution in [2.45, 2.75) is 12.5 Å². The summed E-state index contributed by atoms with van der Waals surface area (Å²) >= 11 is 6.02. The Morgan fingerprint density at radius 3 is 2.13 bits per heavy atom. The van der Waals surface area contributed by atoms with E-state index < -0.39 is 10.2 Å². The van der Waals surface area contributed by atoms with Crippen molar-refractivity contribution in [2.75, 3.05) is 22.2 Å². The highest BCUT2D eigenvalue weighted by molar-refractivity contribution is 7.95. The molecule has 0 unspecified atom stereocenters. The number of anilines is 3. The van der Waals surface area contributed by atoms with E-state index in [1.807, 2.05) is 61.6 Å². The van der Waals surface area contributed by atoms with Crippen LogP contribution in [0, 0.1) is 0 Å². The molecule has 0 fully saturated rings. The summed E-state index contributed by atoms with van der Waals surface area (Å²) < 4.78 is 30.6. The zero-order valence-electron chi connectivity index (χ0n) is 16.4. The van der Waals surface area contributed by atoms with Gasteiger partial charge in [-0.25, -0.2) is 8.61 Å². The maximum atomic E-state index is 13.8. The molecule has 3 aromatic carbocycles. The third-order valence-electron chi connectivity index (χ3n) is 5.01. The van der Waals surface area contributed by atoms with E-state index in [4.69, 9.17) is 11.6 Å². The van der Waals surface area contributed by atoms with Gasteiger partial charge < -0.3 is 5.32 Å². The molecule has 0 radical (unpaired) electrons. The highest BCUT2D eigenvalue weighted by atomic mass is 35.5. The number of para-hydroxylation sites is 2. The first-order chi connectivity index (χ1) is 14.0. The molecule has 1 N–H and O–H groups in total. The Morgan fingerprint density at radius 2 is 1.50 bits per heavy atom. The van der Waals surface area contributed by atoms with Crippen molar-refractivity contribution in [1.29, 1.82) is 0 Å². The molecular formula is C22H23Cl2N3O2S. The fourth-order valence-corrected chi connectivity index (χ4v) is 5.76. The molecule has 1 atom stereocenters. The van der Waals surface area contributed by atoms with E-state index in [-0.39, 0.29) is 18.4 Å². The van der Waals surface area contributed by atoms with Gasteiger partial charge in [0.1, 0.15) is 0 Å². The first kappa shape index (κ1) is 22.4. The van der Waals surface area contributed by atoms with Gasteiger partial charge in [0.2, 0.25) is 0 Å². The van der Waals surface area contributed by atoms with E-state index in [1.165, 1.54) is 4.31 Å². The third kappa shape index (κ3) is 4.01. The van der Waals surface area contributed by atoms with Crippen LogP contribution in [-0.2, 0) is 10.2 Å². The van der Waals surface area contributed by atoms with Gasteiger partial charge in [0.15, 0.2) is 0 Å². The topological polar surface area (TPSA) is 52.6 Å². The molecule has 4 rings (SSSR count). The van der Waals surface area contributed by atoms with E-state index in [9.17, 15) is 8.42 Å². The van der Waals surface area contributed by atoms with Crippen LogP contribution in [0.2, 0.25) is 5.02 Å². The first-order valence-electron chi connectivity index (χ1n) is 9.43. The van der Waals surface area contributed by atoms with Crippen LogP contribution in [0.3, 0.4) is 0 Å². The second-order valence-electron chi connectivity index (χ2n) is 6.85. The summed E-state index contributed by atoms with van der Waals surface area (Å²) in [5, 5.41) is 3.70. The van der Waals surface area contributed by atoms with Gasteiger partial charge in [-0.3, -0.25) is 0 Å². The van der Waals surface area contributed by atoms with Gasteiger partial charge in [-0.1, -0.05) is 54.1 Å². The van der Waals surface area contributed by atoms with Crippen molar-refractivity contribution in [3.8, 4) is 0 Å². The number of fused-ring (bicyclic) bond motifs is 1. The molecule has 3 aromatic rings. The van der Waals surface area contributed by atoms with Crippen LogP contribution in [0.5, 0.6) is 0 Å². The molecule has 0 saturated heterocycles. The van der Waals surface area contributed by atoms with Crippen LogP contribution in [0.1, 0.15) is 18.0 Å². The van der Waals surface area contributed by atoms with Gasteiger partial charge in [-0.2, -0.15) is 8.42 Å². The molecule has 158 valence electrons. The minimum atomic E-state index is -3.83. The van der Waals surface area contributed by atoms with Gasteiger partial charge in [0.05, 0.1) is 23.1 Å². The van der Waals surface area contributed by atoms with E-state index in [1.54, 1.807) is 28.6 Å². The van der Waals surface area contributed by atoms with E-state index in [2.05, 4.69) is 5.32 Å². The Labute approximate surface area is 188 Å². The monoisotopic (exact) mass is 463 g/mol. The summed E-state index contributed by atoms with van der Waals surface area (Å²) in [5.41, 5.74) is 2.83. The van der Waals surface area contributed by atoms with Crippen molar-refractivity contribution >= 4 is 51.3 Å². The predicted molar refractivity (Wildman–Crippen MR) is 126 cm³/mol. The number of nitrogens with zero attached hydrogens (tertiary/aromatic N) is 2. The quantitative estimate of drug-likeness (QED) is 0.538. The summed E-state index contributed by atoms with van der Waals surface area (Å²) in [7, 11) is -1.97. The Bertz CT molecular complexity index is 1090. The standard InChI is InChI=1S/C22H22ClN3O2S.ClH/c1-24-16-15-20(17-7-3-2-4-8-17)26-22-10-6-5-9-21(22)25(29(26,27)28)19-13-11-18(23)12-14-19;/h2-14,20,24H,15-16H2,1H3;1H/t20-;/m1./s1. The van der Waals surface area contributed by atoms with Crippen LogP contribution >= 0.6 is 24.0 Å². The molecule has 0 amide bonds. The highest BCUT2D eigenvalue weighted by Crippen LogP contribution is 2.49. The van der Waals surface area contributed by atoms with Crippen molar-refractivity contribution in [3.05, 3.63) is 89.4 Å². The molecule has 1 aliphatic rings. The lowest BCUT2D eigenvalue weighted by atomic mass is 10.0. The van der Waals surface area contributed by atoms with Gasteiger partial charge in [-0.15, -0.1) is 12.4 Å². The number of benzene rings is 3. The second-order valence-corrected chi connectivity index (χ2v) is 8.94. The molecule has 1 heterocycles. The molecule has 0 aromatic heterocycles. The van der Waals surface area contributed by atoms with Crippen LogP contribution < -0.4 is 13.9 Å². The summed E-state index contributed by atoms with van der Waals surface area (Å²) in [5.74, 6) is 0. The molecule has 8 heteroatoms. The smallest absolute Gasteiger partial charge is 0.320 e. The summed E-state index contributed by atoms with van der Waals surface area (Å²) in [6.07, 6.45) is 0.641. The molecule has 1 aliphatic heterocycles. The molecule has 0 aliphatic carbocycles. The highest BCUT2D eigenvalue weighted by Gasteiger charge is 2.44. The molecule has 30 heavy (non-hydrogen) atoms.